The summed E-state index contributed by atoms with van der Waals surface area (Å²) in [4.78, 5) is 30.4. The summed E-state index contributed by atoms with van der Waals surface area (Å²) in [7, 11) is 1.99. The maximum atomic E-state index is 13.6. The molecule has 0 radical (unpaired) electrons. The molecule has 4 fully saturated rings. The van der Waals surface area contributed by atoms with Gasteiger partial charge in [0, 0.05) is 38.0 Å². The molecule has 4 rings (SSSR count). The van der Waals surface area contributed by atoms with Gasteiger partial charge in [0.15, 0.2) is 0 Å². The first kappa shape index (κ1) is 20.2. The lowest BCUT2D eigenvalue weighted by atomic mass is 9.45. The van der Waals surface area contributed by atoms with Gasteiger partial charge in [0.1, 0.15) is 0 Å². The van der Waals surface area contributed by atoms with Gasteiger partial charge >= 0.3 is 0 Å². The van der Waals surface area contributed by atoms with Gasteiger partial charge in [-0.3, -0.25) is 9.59 Å². The number of piperidine rings is 1. The second kappa shape index (κ2) is 7.02. The SMILES string of the molecule is CCN(CC)C(=O)C1CC(=O)N(C)C2CC[C@H]3[C@@H]4CCC[C@@]4(C)CC[C@@H]3[C@@]12C. The number of rotatable bonds is 3. The van der Waals surface area contributed by atoms with Gasteiger partial charge in [-0.15, -0.1) is 0 Å². The molecule has 4 heteroatoms. The van der Waals surface area contributed by atoms with Crippen LogP contribution in [0.4, 0.5) is 0 Å². The van der Waals surface area contributed by atoms with Crippen LogP contribution in [-0.4, -0.2) is 47.8 Å². The highest BCUT2D eigenvalue weighted by Gasteiger charge is 2.63. The molecular weight excluding hydrogens is 348 g/mol. The first-order valence-corrected chi connectivity index (χ1v) is 11.8. The molecule has 1 heterocycles. The highest BCUT2D eigenvalue weighted by Crippen LogP contribution is 2.65. The van der Waals surface area contributed by atoms with Gasteiger partial charge in [-0.2, -0.15) is 0 Å². The second-order valence-corrected chi connectivity index (χ2v) is 10.7. The van der Waals surface area contributed by atoms with Crippen molar-refractivity contribution in [3.05, 3.63) is 0 Å². The summed E-state index contributed by atoms with van der Waals surface area (Å²) in [6, 6.07) is 0.227. The van der Waals surface area contributed by atoms with Gasteiger partial charge in [0.25, 0.3) is 0 Å². The molecule has 2 unspecified atom stereocenters. The Labute approximate surface area is 171 Å². The van der Waals surface area contributed by atoms with E-state index in [1.807, 2.05) is 16.8 Å². The molecule has 158 valence electrons. The van der Waals surface area contributed by atoms with Crippen LogP contribution in [-0.2, 0) is 9.59 Å². The van der Waals surface area contributed by atoms with E-state index < -0.39 is 0 Å². The minimum atomic E-state index is -0.139. The third-order valence-electron chi connectivity index (χ3n) is 9.87. The molecule has 4 nitrogen and oxygen atoms in total. The molecule has 3 aliphatic carbocycles. The summed E-state index contributed by atoms with van der Waals surface area (Å²) in [5, 5.41) is 0. The van der Waals surface area contributed by atoms with Gasteiger partial charge < -0.3 is 9.80 Å². The Balaban J connectivity index is 1.73. The van der Waals surface area contributed by atoms with Crippen LogP contribution in [0, 0.1) is 34.5 Å². The maximum absolute atomic E-state index is 13.6. The predicted octanol–water partition coefficient (Wildman–Crippen LogP) is 4.33. The van der Waals surface area contributed by atoms with Gasteiger partial charge in [-0.05, 0) is 75.5 Å². The van der Waals surface area contributed by atoms with E-state index in [0.717, 1.165) is 31.3 Å². The zero-order valence-electron chi connectivity index (χ0n) is 18.7. The van der Waals surface area contributed by atoms with E-state index in [2.05, 4.69) is 27.7 Å². The summed E-state index contributed by atoms with van der Waals surface area (Å²) in [6.07, 6.45) is 9.43. The van der Waals surface area contributed by atoms with Gasteiger partial charge in [0.2, 0.25) is 11.8 Å². The van der Waals surface area contributed by atoms with Crippen LogP contribution in [0.2, 0.25) is 0 Å². The fourth-order valence-corrected chi connectivity index (χ4v) is 8.29. The van der Waals surface area contributed by atoms with Crippen molar-refractivity contribution in [2.24, 2.45) is 34.5 Å². The number of fused-ring (bicyclic) bond motifs is 5. The molecule has 0 N–H and O–H groups in total. The minimum absolute atomic E-state index is 0.0742. The molecule has 1 aliphatic heterocycles. The van der Waals surface area contributed by atoms with E-state index in [9.17, 15) is 9.59 Å². The lowest BCUT2D eigenvalue weighted by Gasteiger charge is -2.63. The van der Waals surface area contributed by atoms with Crippen LogP contribution >= 0.6 is 0 Å². The van der Waals surface area contributed by atoms with Gasteiger partial charge in [-0.25, -0.2) is 0 Å². The highest BCUT2D eigenvalue weighted by molar-refractivity contribution is 5.88. The Morgan fingerprint density at radius 1 is 1.07 bits per heavy atom. The Bertz CT molecular complexity index is 645. The summed E-state index contributed by atoms with van der Waals surface area (Å²) in [6.45, 7) is 10.5. The molecule has 0 bridgehead atoms. The molecule has 0 spiro atoms. The topological polar surface area (TPSA) is 40.6 Å². The molecule has 1 saturated heterocycles. The number of nitrogens with zero attached hydrogens (tertiary/aromatic N) is 2. The van der Waals surface area contributed by atoms with Crippen LogP contribution in [0.3, 0.4) is 0 Å². The standard InChI is InChI=1S/C24H40N2O2/c1-6-26(7-2)22(28)19-15-21(27)25(5)20-11-10-16-17-9-8-13-23(17,3)14-12-18(16)24(19,20)4/h16-20H,6-15H2,1-5H3/t16-,17-,18-,19?,20?,23-,24-/m0/s1. The van der Waals surface area contributed by atoms with Crippen molar-refractivity contribution in [3.63, 3.8) is 0 Å². The smallest absolute Gasteiger partial charge is 0.226 e. The van der Waals surface area contributed by atoms with Crippen LogP contribution in [0.15, 0.2) is 0 Å². The van der Waals surface area contributed by atoms with Crippen molar-refractivity contribution < 1.29 is 9.59 Å². The average molecular weight is 389 g/mol. The zero-order valence-corrected chi connectivity index (χ0v) is 18.7. The van der Waals surface area contributed by atoms with E-state index >= 15 is 0 Å². The Kier molecular flexibility index (Phi) is 5.07. The Morgan fingerprint density at radius 3 is 2.46 bits per heavy atom. The van der Waals surface area contributed by atoms with E-state index in [4.69, 9.17) is 0 Å². The van der Waals surface area contributed by atoms with Crippen LogP contribution in [0.5, 0.6) is 0 Å². The molecule has 0 aromatic rings. The summed E-state index contributed by atoms with van der Waals surface area (Å²) in [5.74, 6) is 2.43. The Morgan fingerprint density at radius 2 is 1.79 bits per heavy atom. The molecule has 2 amide bonds. The Hall–Kier alpha value is -1.06. The number of amides is 2. The minimum Gasteiger partial charge on any atom is -0.343 e. The third kappa shape index (κ3) is 2.69. The van der Waals surface area contributed by atoms with Crippen LogP contribution < -0.4 is 0 Å². The highest BCUT2D eigenvalue weighted by atomic mass is 16.2. The predicted molar refractivity (Wildman–Crippen MR) is 112 cm³/mol. The van der Waals surface area contributed by atoms with E-state index in [1.54, 1.807) is 0 Å². The summed E-state index contributed by atoms with van der Waals surface area (Å²) >= 11 is 0. The number of hydrogen-bond acceptors (Lipinski definition) is 2. The molecule has 0 aromatic carbocycles. The van der Waals surface area contributed by atoms with Crippen molar-refractivity contribution in [1.82, 2.24) is 9.80 Å². The average Bonchev–Trinajstić information content (AvgIpc) is 3.07. The fraction of sp³-hybridized carbons (Fsp3) is 0.917. The van der Waals surface area contributed by atoms with Gasteiger partial charge in [-0.1, -0.05) is 20.3 Å². The van der Waals surface area contributed by atoms with Crippen molar-refractivity contribution in [2.75, 3.05) is 20.1 Å². The largest absolute Gasteiger partial charge is 0.343 e. The van der Waals surface area contributed by atoms with Crippen LogP contribution in [0.1, 0.15) is 79.1 Å². The molecule has 3 saturated carbocycles. The third-order valence-corrected chi connectivity index (χ3v) is 9.87. The molecule has 7 atom stereocenters. The van der Waals surface area contributed by atoms with Crippen molar-refractivity contribution in [3.8, 4) is 0 Å². The van der Waals surface area contributed by atoms with Crippen LogP contribution in [0.25, 0.3) is 0 Å². The fourth-order valence-electron chi connectivity index (χ4n) is 8.29. The quantitative estimate of drug-likeness (QED) is 0.722. The summed E-state index contributed by atoms with van der Waals surface area (Å²) in [5.41, 5.74) is 0.453. The molecule has 4 aliphatic rings. The number of hydrogen-bond donors (Lipinski definition) is 0. The second-order valence-electron chi connectivity index (χ2n) is 10.7. The normalized spacial score (nSPS) is 45.2. The lowest BCUT2D eigenvalue weighted by molar-refractivity contribution is -0.180. The maximum Gasteiger partial charge on any atom is 0.226 e. The monoisotopic (exact) mass is 388 g/mol. The first-order chi connectivity index (χ1) is 13.3. The van der Waals surface area contributed by atoms with E-state index in [0.29, 0.717) is 17.8 Å². The number of likely N-dealkylation sites (tertiary alicyclic amines) is 1. The number of carbonyl (C=O) groups is 2. The summed E-state index contributed by atoms with van der Waals surface area (Å²) < 4.78 is 0. The van der Waals surface area contributed by atoms with Crippen molar-refractivity contribution >= 4 is 11.8 Å². The van der Waals surface area contributed by atoms with E-state index in [1.165, 1.54) is 38.5 Å². The van der Waals surface area contributed by atoms with Crippen molar-refractivity contribution in [2.45, 2.75) is 85.1 Å². The molecule has 28 heavy (non-hydrogen) atoms. The van der Waals surface area contributed by atoms with Crippen molar-refractivity contribution in [1.29, 1.82) is 0 Å². The lowest BCUT2D eigenvalue weighted by Crippen LogP contribution is -2.66. The van der Waals surface area contributed by atoms with Gasteiger partial charge in [0.05, 0.1) is 5.92 Å². The van der Waals surface area contributed by atoms with E-state index in [-0.39, 0.29) is 29.2 Å². The molecular formula is C24H40N2O2. The number of carbonyl (C=O) groups excluding carboxylic acids is 2. The first-order valence-electron chi connectivity index (χ1n) is 11.8. The zero-order chi connectivity index (χ0) is 20.3. The molecule has 0 aromatic heterocycles.